The lowest BCUT2D eigenvalue weighted by molar-refractivity contribution is 0.636. The van der Waals surface area contributed by atoms with E-state index in [4.69, 9.17) is 0 Å². The molecule has 0 amide bonds. The second-order valence-electron chi connectivity index (χ2n) is 6.15. The second-order valence-corrected chi connectivity index (χ2v) is 11.2. The van der Waals surface area contributed by atoms with E-state index < -0.39 is 8.24 Å². The fourth-order valence-corrected chi connectivity index (χ4v) is 3.27. The molecule has 0 fully saturated rings. The molecule has 0 aliphatic rings. The topological polar surface area (TPSA) is 12.0 Å². The minimum Gasteiger partial charge on any atom is -0.331 e. The summed E-state index contributed by atoms with van der Waals surface area (Å²) in [6, 6.07) is 11.1. The predicted molar refractivity (Wildman–Crippen MR) is 75.2 cm³/mol. The van der Waals surface area contributed by atoms with Crippen molar-refractivity contribution in [1.82, 2.24) is 4.98 Å². The fraction of sp³-hybridized carbons (Fsp3) is 0.571. The van der Waals surface area contributed by atoms with Gasteiger partial charge in [0.2, 0.25) is 0 Å². The standard InChI is InChI=1S/C14H25NSi/c1-12(13-10-8-7-9-11-13)15-16(5,6)14(2,3)4/h7-12,15H,1-6H3. The highest BCUT2D eigenvalue weighted by Gasteiger charge is 2.36. The molecule has 0 aromatic heterocycles. The SMILES string of the molecule is CC(N[Si](C)(C)C(C)(C)C)c1ccccc1. The molecule has 16 heavy (non-hydrogen) atoms. The van der Waals surface area contributed by atoms with Gasteiger partial charge >= 0.3 is 0 Å². The highest BCUT2D eigenvalue weighted by molar-refractivity contribution is 6.77. The summed E-state index contributed by atoms with van der Waals surface area (Å²) >= 11 is 0. The molecule has 1 atom stereocenters. The minimum absolute atomic E-state index is 0.385. The summed E-state index contributed by atoms with van der Waals surface area (Å²) in [5, 5.41) is 0.385. The van der Waals surface area contributed by atoms with Crippen molar-refractivity contribution in [2.75, 3.05) is 0 Å². The van der Waals surface area contributed by atoms with Crippen molar-refractivity contribution in [3.05, 3.63) is 35.9 Å². The second kappa shape index (κ2) is 4.72. The zero-order chi connectivity index (χ0) is 12.4. The Morgan fingerprint density at radius 3 is 2.00 bits per heavy atom. The summed E-state index contributed by atoms with van der Waals surface area (Å²) in [4.78, 5) is 3.85. The summed E-state index contributed by atoms with van der Waals surface area (Å²) < 4.78 is 0. The smallest absolute Gasteiger partial charge is 0.125 e. The first kappa shape index (κ1) is 13.5. The quantitative estimate of drug-likeness (QED) is 0.768. The van der Waals surface area contributed by atoms with E-state index in [1.165, 1.54) is 5.56 Å². The van der Waals surface area contributed by atoms with E-state index in [0.29, 0.717) is 11.1 Å². The van der Waals surface area contributed by atoms with E-state index in [2.05, 4.69) is 76.1 Å². The van der Waals surface area contributed by atoms with Gasteiger partial charge in [-0.2, -0.15) is 0 Å². The molecule has 0 aliphatic carbocycles. The normalized spacial score (nSPS) is 14.9. The maximum atomic E-state index is 3.85. The van der Waals surface area contributed by atoms with E-state index in [-0.39, 0.29) is 0 Å². The zero-order valence-corrected chi connectivity index (χ0v) is 12.5. The molecule has 1 aromatic rings. The average molecular weight is 235 g/mol. The van der Waals surface area contributed by atoms with Crippen LogP contribution in [0.3, 0.4) is 0 Å². The molecule has 2 heteroatoms. The molecule has 1 nitrogen and oxygen atoms in total. The number of nitrogens with one attached hydrogen (secondary N) is 1. The molecule has 0 aliphatic heterocycles. The summed E-state index contributed by atoms with van der Waals surface area (Å²) in [7, 11) is -1.40. The van der Waals surface area contributed by atoms with Crippen LogP contribution < -0.4 is 4.98 Å². The van der Waals surface area contributed by atoms with Gasteiger partial charge in [-0.25, -0.2) is 0 Å². The van der Waals surface area contributed by atoms with Gasteiger partial charge < -0.3 is 4.98 Å². The summed E-state index contributed by atoms with van der Waals surface area (Å²) in [5.41, 5.74) is 1.38. The van der Waals surface area contributed by atoms with Gasteiger partial charge in [0, 0.05) is 6.04 Å². The van der Waals surface area contributed by atoms with E-state index in [1.54, 1.807) is 0 Å². The predicted octanol–water partition coefficient (Wildman–Crippen LogP) is 4.34. The third-order valence-electron chi connectivity index (χ3n) is 3.75. The van der Waals surface area contributed by atoms with Crippen LogP contribution in [0.15, 0.2) is 30.3 Å². The van der Waals surface area contributed by atoms with Crippen LogP contribution in [0, 0.1) is 0 Å². The lowest BCUT2D eigenvalue weighted by atomic mass is 10.1. The van der Waals surface area contributed by atoms with Gasteiger partial charge in [-0.15, -0.1) is 0 Å². The van der Waals surface area contributed by atoms with Crippen LogP contribution in [0.25, 0.3) is 0 Å². The maximum Gasteiger partial charge on any atom is 0.125 e. The Labute approximate surface area is 101 Å². The Morgan fingerprint density at radius 1 is 1.06 bits per heavy atom. The van der Waals surface area contributed by atoms with Crippen LogP contribution in [0.2, 0.25) is 18.1 Å². The lowest BCUT2D eigenvalue weighted by Gasteiger charge is -2.39. The van der Waals surface area contributed by atoms with E-state index >= 15 is 0 Å². The highest BCUT2D eigenvalue weighted by Crippen LogP contribution is 2.35. The first-order valence-electron chi connectivity index (χ1n) is 6.07. The van der Waals surface area contributed by atoms with Crippen LogP contribution in [0.1, 0.15) is 39.3 Å². The number of benzene rings is 1. The molecule has 0 heterocycles. The maximum absolute atomic E-state index is 3.85. The van der Waals surface area contributed by atoms with Crippen LogP contribution in [-0.2, 0) is 0 Å². The molecule has 1 N–H and O–H groups in total. The molecule has 0 spiro atoms. The molecule has 0 saturated carbocycles. The van der Waals surface area contributed by atoms with Crippen LogP contribution in [-0.4, -0.2) is 8.24 Å². The number of hydrogen-bond acceptors (Lipinski definition) is 1. The molecule has 90 valence electrons. The van der Waals surface area contributed by atoms with Crippen molar-refractivity contribution >= 4 is 8.24 Å². The van der Waals surface area contributed by atoms with Crippen LogP contribution >= 0.6 is 0 Å². The molecule has 1 rings (SSSR count). The Balaban J connectivity index is 2.76. The minimum atomic E-state index is -1.40. The van der Waals surface area contributed by atoms with E-state index in [1.807, 2.05) is 0 Å². The summed E-state index contributed by atoms with van der Waals surface area (Å²) in [6.45, 7) is 14.1. The Bertz CT molecular complexity index is 324. The van der Waals surface area contributed by atoms with Crippen molar-refractivity contribution in [1.29, 1.82) is 0 Å². The van der Waals surface area contributed by atoms with Crippen LogP contribution in [0.4, 0.5) is 0 Å². The highest BCUT2D eigenvalue weighted by atomic mass is 28.3. The number of hydrogen-bond donors (Lipinski definition) is 1. The van der Waals surface area contributed by atoms with Gasteiger partial charge in [-0.1, -0.05) is 64.2 Å². The van der Waals surface area contributed by atoms with Crippen molar-refractivity contribution in [2.45, 2.75) is 51.9 Å². The van der Waals surface area contributed by atoms with Crippen molar-refractivity contribution in [2.24, 2.45) is 0 Å². The average Bonchev–Trinajstić information content (AvgIpc) is 2.16. The monoisotopic (exact) mass is 235 g/mol. The van der Waals surface area contributed by atoms with Gasteiger partial charge in [0.1, 0.15) is 8.24 Å². The lowest BCUT2D eigenvalue weighted by Crippen LogP contribution is -2.52. The third kappa shape index (κ3) is 3.19. The van der Waals surface area contributed by atoms with Gasteiger partial charge in [-0.05, 0) is 17.5 Å². The first-order chi connectivity index (χ1) is 7.24. The van der Waals surface area contributed by atoms with Gasteiger partial charge in [-0.3, -0.25) is 0 Å². The number of rotatable bonds is 3. The van der Waals surface area contributed by atoms with E-state index in [0.717, 1.165) is 0 Å². The fourth-order valence-electron chi connectivity index (χ4n) is 1.58. The van der Waals surface area contributed by atoms with Gasteiger partial charge in [0.25, 0.3) is 0 Å². The first-order valence-corrected chi connectivity index (χ1v) is 9.07. The molecule has 0 radical (unpaired) electrons. The Morgan fingerprint density at radius 2 is 1.56 bits per heavy atom. The van der Waals surface area contributed by atoms with Gasteiger partial charge in [0.15, 0.2) is 0 Å². The molecular weight excluding hydrogens is 210 g/mol. The van der Waals surface area contributed by atoms with Crippen molar-refractivity contribution < 1.29 is 0 Å². The molecule has 0 bridgehead atoms. The van der Waals surface area contributed by atoms with Crippen molar-refractivity contribution in [3.8, 4) is 0 Å². The third-order valence-corrected chi connectivity index (χ3v) is 8.66. The molecule has 1 aromatic carbocycles. The van der Waals surface area contributed by atoms with Crippen molar-refractivity contribution in [3.63, 3.8) is 0 Å². The van der Waals surface area contributed by atoms with Crippen LogP contribution in [0.5, 0.6) is 0 Å². The largest absolute Gasteiger partial charge is 0.331 e. The molecule has 1 unspecified atom stereocenters. The summed E-state index contributed by atoms with van der Waals surface area (Å²) in [6.07, 6.45) is 0. The van der Waals surface area contributed by atoms with E-state index in [9.17, 15) is 0 Å². The summed E-state index contributed by atoms with van der Waals surface area (Å²) in [5.74, 6) is 0. The Kier molecular flexibility index (Phi) is 3.97. The molecule has 0 saturated heterocycles. The van der Waals surface area contributed by atoms with Gasteiger partial charge in [0.05, 0.1) is 0 Å². The molecular formula is C14H25NSi. The zero-order valence-electron chi connectivity index (χ0n) is 11.5. The Hall–Kier alpha value is -0.603.